The number of rotatable bonds is 5. The molecule has 5 nitrogen and oxygen atoms in total. The molecule has 0 spiro atoms. The van der Waals surface area contributed by atoms with E-state index in [0.29, 0.717) is 6.54 Å². The van der Waals surface area contributed by atoms with Crippen molar-refractivity contribution in [3.63, 3.8) is 0 Å². The maximum Gasteiger partial charge on any atom is 0.477 e. The Bertz CT molecular complexity index is 426. The van der Waals surface area contributed by atoms with E-state index in [1.54, 1.807) is 0 Å². The maximum absolute atomic E-state index is 13.0. The molecule has 6 heteroatoms. The number of phosphoric acid groups is 1. The van der Waals surface area contributed by atoms with Gasteiger partial charge in [0, 0.05) is 12.7 Å². The van der Waals surface area contributed by atoms with Gasteiger partial charge in [-0.25, -0.2) is 4.57 Å². The molecule has 21 heavy (non-hydrogen) atoms. The maximum atomic E-state index is 13.0. The van der Waals surface area contributed by atoms with E-state index in [-0.39, 0.29) is 0 Å². The van der Waals surface area contributed by atoms with Crippen molar-refractivity contribution in [3.8, 4) is 0 Å². The normalized spacial score (nSPS) is 18.1. The van der Waals surface area contributed by atoms with Gasteiger partial charge in [-0.3, -0.25) is 13.6 Å². The van der Waals surface area contributed by atoms with Crippen LogP contribution in [0.15, 0.2) is 24.4 Å². The van der Waals surface area contributed by atoms with Crippen LogP contribution >= 0.6 is 7.82 Å². The summed E-state index contributed by atoms with van der Waals surface area (Å²) in [6, 6.07) is 0. The summed E-state index contributed by atoms with van der Waals surface area (Å²) >= 11 is 0. The number of hydrogen-bond donors (Lipinski definition) is 0. The quantitative estimate of drug-likeness (QED) is 0.700. The van der Waals surface area contributed by atoms with Crippen LogP contribution in [0.1, 0.15) is 48.5 Å². The highest BCUT2D eigenvalue weighted by Crippen LogP contribution is 2.56. The summed E-state index contributed by atoms with van der Waals surface area (Å²) in [6.07, 6.45) is 7.34. The van der Waals surface area contributed by atoms with Crippen molar-refractivity contribution in [1.82, 2.24) is 4.90 Å². The molecule has 1 aliphatic heterocycles. The van der Waals surface area contributed by atoms with E-state index in [0.717, 1.165) is 0 Å². The van der Waals surface area contributed by atoms with Crippen LogP contribution in [0.25, 0.3) is 0 Å². The standard InChI is InChI=1S/C15H28NO4P/c1-13(16-11-9-8-10-12-16)18-21(17,19-14(2,3)4)20-15(5,6)7/h8-11,13H,12H2,1-7H3. The number of nitrogens with zero attached hydrogens (tertiary/aromatic N) is 1. The zero-order valence-electron chi connectivity index (χ0n) is 14.1. The van der Waals surface area contributed by atoms with Crippen LogP contribution in [-0.2, 0) is 18.1 Å². The Balaban J connectivity index is 2.84. The fourth-order valence-corrected chi connectivity index (χ4v) is 3.69. The van der Waals surface area contributed by atoms with E-state index in [1.165, 1.54) is 0 Å². The molecule has 1 rings (SSSR count). The number of phosphoric ester groups is 1. The summed E-state index contributed by atoms with van der Waals surface area (Å²) in [5.41, 5.74) is -1.25. The minimum atomic E-state index is -3.68. The van der Waals surface area contributed by atoms with Crippen LogP contribution in [0.3, 0.4) is 0 Å². The predicted octanol–water partition coefficient (Wildman–Crippen LogP) is 4.47. The highest BCUT2D eigenvalue weighted by Gasteiger charge is 2.39. The first kappa shape index (κ1) is 18.4. The summed E-state index contributed by atoms with van der Waals surface area (Å²) in [5, 5.41) is 0. The van der Waals surface area contributed by atoms with E-state index in [2.05, 4.69) is 0 Å². The van der Waals surface area contributed by atoms with Gasteiger partial charge in [-0.05, 0) is 54.5 Å². The molecule has 1 unspecified atom stereocenters. The molecule has 0 radical (unpaired) electrons. The Morgan fingerprint density at radius 2 is 1.57 bits per heavy atom. The molecule has 0 aromatic heterocycles. The van der Waals surface area contributed by atoms with E-state index in [4.69, 9.17) is 13.6 Å². The lowest BCUT2D eigenvalue weighted by Crippen LogP contribution is -2.33. The molecule has 1 atom stereocenters. The van der Waals surface area contributed by atoms with Crippen LogP contribution in [0.5, 0.6) is 0 Å². The Labute approximate surface area is 128 Å². The van der Waals surface area contributed by atoms with Crippen molar-refractivity contribution < 1.29 is 18.1 Å². The first-order chi connectivity index (χ1) is 9.40. The SMILES string of the molecule is CC(OP(=O)(OC(C)(C)C)OC(C)(C)C)N1C=CC=CC1. The minimum Gasteiger partial charge on any atom is -0.348 e. The van der Waals surface area contributed by atoms with Crippen molar-refractivity contribution in [2.24, 2.45) is 0 Å². The zero-order chi connectivity index (χ0) is 16.3. The first-order valence-electron chi connectivity index (χ1n) is 7.19. The van der Waals surface area contributed by atoms with Crippen LogP contribution in [0, 0.1) is 0 Å². The third-order valence-electron chi connectivity index (χ3n) is 2.36. The molecule has 0 aromatic rings. The Morgan fingerprint density at radius 3 is 1.95 bits per heavy atom. The molecule has 0 fully saturated rings. The van der Waals surface area contributed by atoms with E-state index in [1.807, 2.05) is 77.8 Å². The van der Waals surface area contributed by atoms with Crippen molar-refractivity contribution in [1.29, 1.82) is 0 Å². The van der Waals surface area contributed by atoms with Gasteiger partial charge >= 0.3 is 7.82 Å². The Kier molecular flexibility index (Phi) is 5.84. The van der Waals surface area contributed by atoms with Crippen LogP contribution in [0.2, 0.25) is 0 Å². The molecule has 0 saturated heterocycles. The molecule has 1 heterocycles. The van der Waals surface area contributed by atoms with Gasteiger partial charge < -0.3 is 4.90 Å². The smallest absolute Gasteiger partial charge is 0.348 e. The van der Waals surface area contributed by atoms with Gasteiger partial charge in [-0.2, -0.15) is 0 Å². The summed E-state index contributed by atoms with van der Waals surface area (Å²) in [4.78, 5) is 1.92. The van der Waals surface area contributed by atoms with Gasteiger partial charge in [0.1, 0.15) is 6.23 Å². The van der Waals surface area contributed by atoms with Crippen LogP contribution in [0.4, 0.5) is 0 Å². The van der Waals surface area contributed by atoms with E-state index in [9.17, 15) is 4.57 Å². The summed E-state index contributed by atoms with van der Waals surface area (Å²) in [7, 11) is -3.68. The van der Waals surface area contributed by atoms with Crippen molar-refractivity contribution in [3.05, 3.63) is 24.4 Å². The average molecular weight is 317 g/mol. The average Bonchev–Trinajstić information content (AvgIpc) is 2.24. The summed E-state index contributed by atoms with van der Waals surface area (Å²) < 4.78 is 29.9. The van der Waals surface area contributed by atoms with Crippen molar-refractivity contribution >= 4 is 7.82 Å². The second kappa shape index (κ2) is 6.66. The number of allylic oxidation sites excluding steroid dienone is 2. The second-order valence-corrected chi connectivity index (χ2v) is 8.50. The fourth-order valence-electron chi connectivity index (χ4n) is 1.73. The van der Waals surface area contributed by atoms with Gasteiger partial charge in [0.25, 0.3) is 0 Å². The third kappa shape index (κ3) is 7.28. The molecule has 122 valence electrons. The van der Waals surface area contributed by atoms with Crippen molar-refractivity contribution in [2.45, 2.75) is 65.9 Å². The lowest BCUT2D eigenvalue weighted by atomic mass is 10.2. The van der Waals surface area contributed by atoms with Gasteiger partial charge in [0.15, 0.2) is 0 Å². The molecule has 0 amide bonds. The van der Waals surface area contributed by atoms with Gasteiger partial charge in [0.2, 0.25) is 0 Å². The molecule has 1 aliphatic rings. The lowest BCUT2D eigenvalue weighted by molar-refractivity contribution is -0.0321. The van der Waals surface area contributed by atoms with E-state index >= 15 is 0 Å². The second-order valence-electron chi connectivity index (χ2n) is 7.03. The Hall–Kier alpha value is -0.610. The van der Waals surface area contributed by atoms with Gasteiger partial charge in [-0.1, -0.05) is 12.2 Å². The molecule has 0 aromatic carbocycles. The predicted molar refractivity (Wildman–Crippen MR) is 84.8 cm³/mol. The highest BCUT2D eigenvalue weighted by molar-refractivity contribution is 7.48. The Morgan fingerprint density at radius 1 is 1.05 bits per heavy atom. The summed E-state index contributed by atoms with van der Waals surface area (Å²) in [6.45, 7) is 13.5. The topological polar surface area (TPSA) is 48.0 Å². The molecule has 0 aliphatic carbocycles. The fraction of sp³-hybridized carbons (Fsp3) is 0.733. The highest BCUT2D eigenvalue weighted by atomic mass is 31.2. The van der Waals surface area contributed by atoms with Crippen LogP contribution < -0.4 is 0 Å². The largest absolute Gasteiger partial charge is 0.477 e. The lowest BCUT2D eigenvalue weighted by Gasteiger charge is -2.35. The first-order valence-corrected chi connectivity index (χ1v) is 8.65. The van der Waals surface area contributed by atoms with Crippen LogP contribution in [-0.4, -0.2) is 28.9 Å². The van der Waals surface area contributed by atoms with Gasteiger partial charge in [-0.15, -0.1) is 0 Å². The molecule has 0 N–H and O–H groups in total. The monoisotopic (exact) mass is 317 g/mol. The van der Waals surface area contributed by atoms with Crippen molar-refractivity contribution in [2.75, 3.05) is 6.54 Å². The molecular weight excluding hydrogens is 289 g/mol. The molecular formula is C15H28NO4P. The van der Waals surface area contributed by atoms with Gasteiger partial charge in [0.05, 0.1) is 11.2 Å². The minimum absolute atomic E-state index is 0.415. The number of hydrogen-bond acceptors (Lipinski definition) is 5. The zero-order valence-corrected chi connectivity index (χ0v) is 15.0. The van der Waals surface area contributed by atoms with E-state index < -0.39 is 25.3 Å². The summed E-state index contributed by atoms with van der Waals surface area (Å²) in [5.74, 6) is 0. The third-order valence-corrected chi connectivity index (χ3v) is 4.47. The molecule has 0 bridgehead atoms. The molecule has 0 saturated carbocycles.